The van der Waals surface area contributed by atoms with Crippen LogP contribution < -0.4 is 0 Å². The average molecular weight is 141 g/mol. The highest BCUT2D eigenvalue weighted by molar-refractivity contribution is 6.03. The molecule has 0 aromatic rings. The van der Waals surface area contributed by atoms with Gasteiger partial charge >= 0.3 is 5.97 Å². The Labute approximate surface area is 58.2 Å². The first-order chi connectivity index (χ1) is 4.74. The van der Waals surface area contributed by atoms with E-state index in [-0.39, 0.29) is 5.70 Å². The van der Waals surface area contributed by atoms with Gasteiger partial charge < -0.3 is 9.47 Å². The number of hydrogen-bond acceptors (Lipinski definition) is 4. The van der Waals surface area contributed by atoms with Crippen molar-refractivity contribution in [1.82, 2.24) is 0 Å². The third-order valence-corrected chi connectivity index (χ3v) is 0.957. The molecular weight excluding hydrogens is 134 g/mol. The van der Waals surface area contributed by atoms with E-state index in [0.717, 1.165) is 0 Å². The Bertz CT molecular complexity index is 217. The molecule has 0 saturated heterocycles. The molecule has 0 radical (unpaired) electrons. The number of cyclic esters (lactones) is 1. The van der Waals surface area contributed by atoms with Crippen LogP contribution in [0.25, 0.3) is 0 Å². The second-order valence-corrected chi connectivity index (χ2v) is 1.76. The molecule has 4 nitrogen and oxygen atoms in total. The zero-order valence-corrected chi connectivity index (χ0v) is 5.75. The van der Waals surface area contributed by atoms with Crippen molar-refractivity contribution in [2.45, 2.75) is 6.92 Å². The van der Waals surface area contributed by atoms with E-state index in [4.69, 9.17) is 0 Å². The monoisotopic (exact) mass is 141 g/mol. The molecular formula is C6H7NO3. The van der Waals surface area contributed by atoms with Gasteiger partial charge in [-0.2, -0.15) is 0 Å². The maximum atomic E-state index is 10.7. The molecule has 0 spiro atoms. The van der Waals surface area contributed by atoms with Gasteiger partial charge in [-0.05, 0) is 0 Å². The zero-order valence-electron chi connectivity index (χ0n) is 5.75. The molecule has 0 saturated carbocycles. The van der Waals surface area contributed by atoms with Crippen LogP contribution in [0.1, 0.15) is 6.92 Å². The average Bonchev–Trinajstić information content (AvgIpc) is 2.13. The molecule has 1 rings (SSSR count). The van der Waals surface area contributed by atoms with Crippen LogP contribution in [0.4, 0.5) is 0 Å². The van der Waals surface area contributed by atoms with Crippen molar-refractivity contribution < 1.29 is 14.3 Å². The van der Waals surface area contributed by atoms with Gasteiger partial charge in [-0.3, -0.25) is 0 Å². The predicted octanol–water partition coefficient (Wildman–Crippen LogP) is 0.449. The lowest BCUT2D eigenvalue weighted by atomic mass is 10.5. The Balaban J connectivity index is 2.79. The molecule has 0 atom stereocenters. The van der Waals surface area contributed by atoms with Gasteiger partial charge in [-0.1, -0.05) is 0 Å². The van der Waals surface area contributed by atoms with Gasteiger partial charge in [0.25, 0.3) is 0 Å². The van der Waals surface area contributed by atoms with Crippen molar-refractivity contribution in [1.29, 1.82) is 0 Å². The standard InChI is InChI=1S/C6H7NO3/c1-4-7-5(3-9-2)6(8)10-4/h3H,1-2H3/b5-3+. The largest absolute Gasteiger partial charge is 0.502 e. The van der Waals surface area contributed by atoms with Crippen LogP contribution in [0.5, 0.6) is 0 Å². The van der Waals surface area contributed by atoms with Crippen molar-refractivity contribution >= 4 is 11.9 Å². The first-order valence-corrected chi connectivity index (χ1v) is 2.74. The van der Waals surface area contributed by atoms with E-state index in [2.05, 4.69) is 14.5 Å². The molecule has 4 heteroatoms. The van der Waals surface area contributed by atoms with Crippen LogP contribution in [0.2, 0.25) is 0 Å². The Hall–Kier alpha value is -1.32. The second-order valence-electron chi connectivity index (χ2n) is 1.76. The summed E-state index contributed by atoms with van der Waals surface area (Å²) < 4.78 is 9.16. The molecule has 1 heterocycles. The predicted molar refractivity (Wildman–Crippen MR) is 34.3 cm³/mol. The molecule has 0 N–H and O–H groups in total. The number of nitrogens with zero attached hydrogens (tertiary/aromatic N) is 1. The molecule has 0 unspecified atom stereocenters. The molecule has 0 fully saturated rings. The van der Waals surface area contributed by atoms with Crippen LogP contribution in [0, 0.1) is 0 Å². The summed E-state index contributed by atoms with van der Waals surface area (Å²) in [7, 11) is 1.45. The van der Waals surface area contributed by atoms with Crippen LogP contribution in [0.15, 0.2) is 17.0 Å². The maximum absolute atomic E-state index is 10.7. The van der Waals surface area contributed by atoms with Gasteiger partial charge in [0, 0.05) is 6.92 Å². The Morgan fingerprint density at radius 2 is 2.40 bits per heavy atom. The second kappa shape index (κ2) is 2.51. The van der Waals surface area contributed by atoms with Gasteiger partial charge in [0.1, 0.15) is 6.26 Å². The van der Waals surface area contributed by atoms with Crippen molar-refractivity contribution in [3.05, 3.63) is 12.0 Å². The Kier molecular flexibility index (Phi) is 1.71. The minimum atomic E-state index is -0.459. The topological polar surface area (TPSA) is 47.9 Å². The highest BCUT2D eigenvalue weighted by Gasteiger charge is 2.19. The molecule has 0 aromatic carbocycles. The van der Waals surface area contributed by atoms with Crippen molar-refractivity contribution in [3.8, 4) is 0 Å². The molecule has 54 valence electrons. The molecule has 1 aliphatic rings. The lowest BCUT2D eigenvalue weighted by molar-refractivity contribution is -0.130. The lowest BCUT2D eigenvalue weighted by Crippen LogP contribution is -1.99. The molecule has 0 aromatic heterocycles. The van der Waals surface area contributed by atoms with E-state index in [1.54, 1.807) is 6.92 Å². The molecule has 0 aliphatic carbocycles. The summed E-state index contributed by atoms with van der Waals surface area (Å²) in [5, 5.41) is 0. The minimum absolute atomic E-state index is 0.208. The maximum Gasteiger partial charge on any atom is 0.366 e. The summed E-state index contributed by atoms with van der Waals surface area (Å²) in [5.74, 6) is -0.104. The van der Waals surface area contributed by atoms with Crippen LogP contribution >= 0.6 is 0 Å². The molecule has 0 bridgehead atoms. The summed E-state index contributed by atoms with van der Waals surface area (Å²) in [5.41, 5.74) is 0.208. The van der Waals surface area contributed by atoms with E-state index in [1.165, 1.54) is 13.4 Å². The quantitative estimate of drug-likeness (QED) is 0.302. The normalized spacial score (nSPS) is 20.8. The minimum Gasteiger partial charge on any atom is -0.502 e. The van der Waals surface area contributed by atoms with Crippen LogP contribution in [-0.2, 0) is 14.3 Å². The summed E-state index contributed by atoms with van der Waals surface area (Å²) in [6.45, 7) is 1.61. The van der Waals surface area contributed by atoms with Gasteiger partial charge in [0.15, 0.2) is 11.6 Å². The third kappa shape index (κ3) is 1.15. The number of carbonyl (C=O) groups excluding carboxylic acids is 1. The first kappa shape index (κ1) is 6.80. The zero-order chi connectivity index (χ0) is 7.56. The third-order valence-electron chi connectivity index (χ3n) is 0.957. The van der Waals surface area contributed by atoms with E-state index < -0.39 is 5.97 Å². The lowest BCUT2D eigenvalue weighted by Gasteiger charge is -1.88. The van der Waals surface area contributed by atoms with Crippen molar-refractivity contribution in [2.75, 3.05) is 7.11 Å². The first-order valence-electron chi connectivity index (χ1n) is 2.74. The smallest absolute Gasteiger partial charge is 0.366 e. The summed E-state index contributed by atoms with van der Waals surface area (Å²) >= 11 is 0. The Morgan fingerprint density at radius 1 is 1.70 bits per heavy atom. The fourth-order valence-electron chi connectivity index (χ4n) is 0.611. The van der Waals surface area contributed by atoms with E-state index in [0.29, 0.717) is 5.90 Å². The number of hydrogen-bond donors (Lipinski definition) is 0. The fourth-order valence-corrected chi connectivity index (χ4v) is 0.611. The number of carbonyl (C=O) groups is 1. The van der Waals surface area contributed by atoms with Crippen molar-refractivity contribution in [3.63, 3.8) is 0 Å². The van der Waals surface area contributed by atoms with Gasteiger partial charge in [0.2, 0.25) is 0 Å². The van der Waals surface area contributed by atoms with E-state index in [9.17, 15) is 4.79 Å². The number of methoxy groups -OCH3 is 1. The molecule has 0 amide bonds. The van der Waals surface area contributed by atoms with E-state index >= 15 is 0 Å². The molecule has 1 aliphatic heterocycles. The number of rotatable bonds is 1. The number of aliphatic imine (C=N–C) groups is 1. The number of esters is 1. The SMILES string of the molecule is CO/C=C1/N=C(C)OC1=O. The Morgan fingerprint density at radius 3 is 2.80 bits per heavy atom. The number of ether oxygens (including phenoxy) is 2. The van der Waals surface area contributed by atoms with Gasteiger partial charge in [-0.15, -0.1) is 0 Å². The van der Waals surface area contributed by atoms with Crippen molar-refractivity contribution in [2.24, 2.45) is 4.99 Å². The molecule has 10 heavy (non-hydrogen) atoms. The van der Waals surface area contributed by atoms with Gasteiger partial charge in [-0.25, -0.2) is 9.79 Å². The fraction of sp³-hybridized carbons (Fsp3) is 0.333. The van der Waals surface area contributed by atoms with Crippen LogP contribution in [0.3, 0.4) is 0 Å². The highest BCUT2D eigenvalue weighted by atomic mass is 16.6. The van der Waals surface area contributed by atoms with Gasteiger partial charge in [0.05, 0.1) is 7.11 Å². The van der Waals surface area contributed by atoms with Crippen LogP contribution in [-0.4, -0.2) is 19.0 Å². The summed E-state index contributed by atoms with van der Waals surface area (Å²) in [4.78, 5) is 14.4. The summed E-state index contributed by atoms with van der Waals surface area (Å²) in [6, 6.07) is 0. The summed E-state index contributed by atoms with van der Waals surface area (Å²) in [6.07, 6.45) is 1.25. The highest BCUT2D eigenvalue weighted by Crippen LogP contribution is 2.09. The van der Waals surface area contributed by atoms with E-state index in [1.807, 2.05) is 0 Å².